The molecule has 0 unspecified atom stereocenters. The molecule has 0 aliphatic heterocycles. The highest BCUT2D eigenvalue weighted by molar-refractivity contribution is 6.17. The normalized spacial score (nSPS) is 10.4. The first-order valence-electron chi connectivity index (χ1n) is 5.70. The molecule has 3 heteroatoms. The van der Waals surface area contributed by atoms with E-state index in [1.165, 1.54) is 6.07 Å². The van der Waals surface area contributed by atoms with Gasteiger partial charge in [-0.1, -0.05) is 29.8 Å². The van der Waals surface area contributed by atoms with Gasteiger partial charge in [-0.3, -0.25) is 0 Å². The summed E-state index contributed by atoms with van der Waals surface area (Å²) in [5.41, 5.74) is 2.77. The molecule has 0 fully saturated rings. The first-order chi connectivity index (χ1) is 8.61. The zero-order valence-electron chi connectivity index (χ0n) is 10.3. The van der Waals surface area contributed by atoms with Crippen molar-refractivity contribution in [3.05, 3.63) is 58.9 Å². The molecule has 0 heterocycles. The zero-order chi connectivity index (χ0) is 13.1. The van der Waals surface area contributed by atoms with E-state index in [0.717, 1.165) is 11.1 Å². The summed E-state index contributed by atoms with van der Waals surface area (Å²) in [6.07, 6.45) is 0. The molecule has 94 valence electrons. The van der Waals surface area contributed by atoms with E-state index in [2.05, 4.69) is 0 Å². The van der Waals surface area contributed by atoms with Crippen LogP contribution in [0.5, 0.6) is 11.5 Å². The van der Waals surface area contributed by atoms with E-state index in [1.807, 2.05) is 32.0 Å². The van der Waals surface area contributed by atoms with Gasteiger partial charge in [0.05, 0.1) is 5.88 Å². The molecule has 0 saturated carbocycles. The molecule has 2 aromatic rings. The topological polar surface area (TPSA) is 9.23 Å². The predicted molar refractivity (Wildman–Crippen MR) is 71.9 cm³/mol. The summed E-state index contributed by atoms with van der Waals surface area (Å²) >= 11 is 5.79. The second kappa shape index (κ2) is 5.40. The Labute approximate surface area is 111 Å². The van der Waals surface area contributed by atoms with Gasteiger partial charge in [0.25, 0.3) is 0 Å². The van der Waals surface area contributed by atoms with Crippen molar-refractivity contribution in [2.24, 2.45) is 0 Å². The van der Waals surface area contributed by atoms with Crippen LogP contribution < -0.4 is 4.74 Å². The molecule has 0 amide bonds. The van der Waals surface area contributed by atoms with Crippen LogP contribution in [0.25, 0.3) is 0 Å². The molecule has 0 aliphatic carbocycles. The number of hydrogen-bond acceptors (Lipinski definition) is 1. The summed E-state index contributed by atoms with van der Waals surface area (Å²) < 4.78 is 19.4. The van der Waals surface area contributed by atoms with E-state index in [-0.39, 0.29) is 11.6 Å². The van der Waals surface area contributed by atoms with Crippen molar-refractivity contribution in [2.75, 3.05) is 0 Å². The first-order valence-corrected chi connectivity index (χ1v) is 6.23. The number of ether oxygens (including phenoxy) is 1. The van der Waals surface area contributed by atoms with Crippen molar-refractivity contribution in [1.82, 2.24) is 0 Å². The van der Waals surface area contributed by atoms with E-state index in [1.54, 1.807) is 12.1 Å². The SMILES string of the molecule is Cc1ccc(Oc2c(F)cccc2CCl)c(C)c1. The monoisotopic (exact) mass is 264 g/mol. The fraction of sp³-hybridized carbons (Fsp3) is 0.200. The quantitative estimate of drug-likeness (QED) is 0.711. The molecule has 0 atom stereocenters. The second-order valence-corrected chi connectivity index (χ2v) is 4.50. The van der Waals surface area contributed by atoms with Crippen molar-refractivity contribution in [1.29, 1.82) is 0 Å². The van der Waals surface area contributed by atoms with Crippen LogP contribution in [0.3, 0.4) is 0 Å². The average Bonchev–Trinajstić information content (AvgIpc) is 2.34. The standard InChI is InChI=1S/C15H14ClFO/c1-10-6-7-14(11(2)8-10)18-15-12(9-16)4-3-5-13(15)17/h3-8H,9H2,1-2H3. The van der Waals surface area contributed by atoms with Crippen molar-refractivity contribution in [3.63, 3.8) is 0 Å². The molecular weight excluding hydrogens is 251 g/mol. The highest BCUT2D eigenvalue weighted by Gasteiger charge is 2.11. The number of rotatable bonds is 3. The lowest BCUT2D eigenvalue weighted by Gasteiger charge is -2.12. The van der Waals surface area contributed by atoms with Crippen LogP contribution in [-0.4, -0.2) is 0 Å². The van der Waals surface area contributed by atoms with Gasteiger partial charge in [0.1, 0.15) is 5.75 Å². The molecule has 2 rings (SSSR count). The van der Waals surface area contributed by atoms with Crippen LogP contribution in [0.1, 0.15) is 16.7 Å². The minimum atomic E-state index is -0.395. The van der Waals surface area contributed by atoms with Gasteiger partial charge in [-0.2, -0.15) is 0 Å². The van der Waals surface area contributed by atoms with Gasteiger partial charge >= 0.3 is 0 Å². The van der Waals surface area contributed by atoms with Gasteiger partial charge in [0.2, 0.25) is 0 Å². The number of hydrogen-bond donors (Lipinski definition) is 0. The highest BCUT2D eigenvalue weighted by atomic mass is 35.5. The number of benzene rings is 2. The average molecular weight is 265 g/mol. The lowest BCUT2D eigenvalue weighted by molar-refractivity contribution is 0.435. The zero-order valence-corrected chi connectivity index (χ0v) is 11.1. The third-order valence-electron chi connectivity index (χ3n) is 2.73. The minimum absolute atomic E-state index is 0.208. The van der Waals surface area contributed by atoms with Crippen LogP contribution in [0.4, 0.5) is 4.39 Å². The van der Waals surface area contributed by atoms with Crippen molar-refractivity contribution in [3.8, 4) is 11.5 Å². The third kappa shape index (κ3) is 2.65. The lowest BCUT2D eigenvalue weighted by Crippen LogP contribution is -1.95. The predicted octanol–water partition coefficient (Wildman–Crippen LogP) is 4.97. The number of halogens is 2. The van der Waals surface area contributed by atoms with Crippen LogP contribution in [-0.2, 0) is 5.88 Å². The molecule has 2 aromatic carbocycles. The summed E-state index contributed by atoms with van der Waals surface area (Å²) in [7, 11) is 0. The number of aryl methyl sites for hydroxylation is 2. The Morgan fingerprint density at radius 1 is 1.17 bits per heavy atom. The van der Waals surface area contributed by atoms with Gasteiger partial charge in [0.15, 0.2) is 11.6 Å². The molecule has 18 heavy (non-hydrogen) atoms. The van der Waals surface area contributed by atoms with Gasteiger partial charge in [-0.15, -0.1) is 11.6 Å². The molecular formula is C15H14ClFO. The van der Waals surface area contributed by atoms with E-state index < -0.39 is 5.82 Å². The molecule has 0 aliphatic rings. The summed E-state index contributed by atoms with van der Waals surface area (Å²) in [4.78, 5) is 0. The maximum atomic E-state index is 13.8. The van der Waals surface area contributed by atoms with Gasteiger partial charge in [-0.25, -0.2) is 4.39 Å². The fourth-order valence-electron chi connectivity index (χ4n) is 1.80. The smallest absolute Gasteiger partial charge is 0.167 e. The maximum absolute atomic E-state index is 13.8. The van der Waals surface area contributed by atoms with Gasteiger partial charge in [-0.05, 0) is 31.5 Å². The molecule has 0 radical (unpaired) electrons. The Morgan fingerprint density at radius 2 is 1.94 bits per heavy atom. The van der Waals surface area contributed by atoms with E-state index in [0.29, 0.717) is 11.3 Å². The summed E-state index contributed by atoms with van der Waals surface area (Å²) in [5, 5.41) is 0. The van der Waals surface area contributed by atoms with E-state index in [9.17, 15) is 4.39 Å². The van der Waals surface area contributed by atoms with Crippen LogP contribution >= 0.6 is 11.6 Å². The molecule has 1 nitrogen and oxygen atoms in total. The van der Waals surface area contributed by atoms with Crippen molar-refractivity contribution >= 4 is 11.6 Å². The Balaban J connectivity index is 2.39. The Hall–Kier alpha value is -1.54. The molecule has 0 N–H and O–H groups in total. The molecule has 0 saturated heterocycles. The summed E-state index contributed by atoms with van der Waals surface area (Å²) in [5.74, 6) is 0.683. The Bertz CT molecular complexity index is 566. The molecule has 0 bridgehead atoms. The fourth-order valence-corrected chi connectivity index (χ4v) is 2.01. The Morgan fingerprint density at radius 3 is 2.61 bits per heavy atom. The summed E-state index contributed by atoms with van der Waals surface area (Å²) in [6, 6.07) is 10.5. The maximum Gasteiger partial charge on any atom is 0.167 e. The largest absolute Gasteiger partial charge is 0.454 e. The van der Waals surface area contributed by atoms with Crippen LogP contribution in [0.15, 0.2) is 36.4 Å². The third-order valence-corrected chi connectivity index (χ3v) is 3.02. The van der Waals surface area contributed by atoms with Gasteiger partial charge in [0, 0.05) is 5.56 Å². The number of alkyl halides is 1. The molecule has 0 spiro atoms. The highest BCUT2D eigenvalue weighted by Crippen LogP contribution is 2.31. The second-order valence-electron chi connectivity index (χ2n) is 4.23. The number of para-hydroxylation sites is 1. The van der Waals surface area contributed by atoms with E-state index >= 15 is 0 Å². The molecule has 0 aromatic heterocycles. The van der Waals surface area contributed by atoms with E-state index in [4.69, 9.17) is 16.3 Å². The van der Waals surface area contributed by atoms with Crippen LogP contribution in [0, 0.1) is 19.7 Å². The summed E-state index contributed by atoms with van der Waals surface area (Å²) in [6.45, 7) is 3.94. The van der Waals surface area contributed by atoms with Crippen molar-refractivity contribution in [2.45, 2.75) is 19.7 Å². The first kappa shape index (κ1) is 12.9. The van der Waals surface area contributed by atoms with Crippen LogP contribution in [0.2, 0.25) is 0 Å². The minimum Gasteiger partial charge on any atom is -0.454 e. The lowest BCUT2D eigenvalue weighted by atomic mass is 10.1. The van der Waals surface area contributed by atoms with Crippen molar-refractivity contribution < 1.29 is 9.13 Å². The Kier molecular flexibility index (Phi) is 3.87. The van der Waals surface area contributed by atoms with Gasteiger partial charge < -0.3 is 4.74 Å².